The van der Waals surface area contributed by atoms with Crippen molar-refractivity contribution >= 4 is 0 Å². The molecule has 0 radical (unpaired) electrons. The highest BCUT2D eigenvalue weighted by atomic mass is 15.6. The topological polar surface area (TPSA) is 58.9 Å². The fourth-order valence-electron chi connectivity index (χ4n) is 1.54. The molecule has 0 spiro atoms. The summed E-state index contributed by atoms with van der Waals surface area (Å²) in [6.07, 6.45) is 0. The van der Waals surface area contributed by atoms with E-state index >= 15 is 0 Å². The Morgan fingerprint density at radius 1 is 1.36 bits per heavy atom. The molecule has 1 saturated heterocycles. The van der Waals surface area contributed by atoms with Gasteiger partial charge in [-0.25, -0.2) is 0 Å². The minimum absolute atomic E-state index is 0.786. The zero-order valence-electron chi connectivity index (χ0n) is 8.48. The van der Waals surface area contributed by atoms with Crippen molar-refractivity contribution < 1.29 is 0 Å². The van der Waals surface area contributed by atoms with Crippen molar-refractivity contribution in [1.29, 1.82) is 0 Å². The minimum atomic E-state index is 0.786. The van der Waals surface area contributed by atoms with Gasteiger partial charge in [-0.1, -0.05) is 0 Å². The Kier molecular flexibility index (Phi) is 3.05. The summed E-state index contributed by atoms with van der Waals surface area (Å²) >= 11 is 0. The van der Waals surface area contributed by atoms with Gasteiger partial charge in [0.2, 0.25) is 0 Å². The lowest BCUT2D eigenvalue weighted by atomic mass is 10.3. The lowest BCUT2D eigenvalue weighted by Crippen LogP contribution is -2.43. The molecule has 0 unspecified atom stereocenters. The quantitative estimate of drug-likeness (QED) is 0.679. The van der Waals surface area contributed by atoms with Gasteiger partial charge in [0, 0.05) is 26.2 Å². The van der Waals surface area contributed by atoms with Crippen LogP contribution in [0.5, 0.6) is 0 Å². The van der Waals surface area contributed by atoms with Gasteiger partial charge in [0.1, 0.15) is 0 Å². The first-order chi connectivity index (χ1) is 6.88. The van der Waals surface area contributed by atoms with Crippen LogP contribution >= 0.6 is 0 Å². The van der Waals surface area contributed by atoms with E-state index in [1.807, 2.05) is 6.92 Å². The van der Waals surface area contributed by atoms with Gasteiger partial charge < -0.3 is 5.32 Å². The van der Waals surface area contributed by atoms with Gasteiger partial charge in [-0.3, -0.25) is 4.90 Å². The first-order valence-electron chi connectivity index (χ1n) is 5.08. The van der Waals surface area contributed by atoms with E-state index in [2.05, 4.69) is 25.6 Å². The molecule has 14 heavy (non-hydrogen) atoms. The third kappa shape index (κ3) is 2.27. The lowest BCUT2D eigenvalue weighted by Gasteiger charge is -2.25. The molecule has 6 nitrogen and oxygen atoms in total. The number of aromatic nitrogens is 4. The Hall–Kier alpha value is -1.01. The number of nitrogens with one attached hydrogen (secondary N) is 1. The van der Waals surface area contributed by atoms with Crippen LogP contribution < -0.4 is 5.32 Å². The third-order valence-electron chi connectivity index (χ3n) is 2.35. The van der Waals surface area contributed by atoms with E-state index in [0.29, 0.717) is 0 Å². The van der Waals surface area contributed by atoms with E-state index in [0.717, 1.165) is 45.1 Å². The van der Waals surface area contributed by atoms with Crippen molar-refractivity contribution in [3.63, 3.8) is 0 Å². The maximum Gasteiger partial charge on any atom is 0.188 e. The molecule has 1 aliphatic rings. The molecule has 1 aliphatic heterocycles. The molecular formula is C8H16N6. The van der Waals surface area contributed by atoms with Gasteiger partial charge in [-0.05, 0) is 12.1 Å². The molecule has 1 aromatic heterocycles. The van der Waals surface area contributed by atoms with E-state index < -0.39 is 0 Å². The summed E-state index contributed by atoms with van der Waals surface area (Å²) in [6.45, 7) is 7.87. The Bertz CT molecular complexity index is 277. The fraction of sp³-hybridized carbons (Fsp3) is 0.875. The second-order valence-corrected chi connectivity index (χ2v) is 3.42. The molecule has 0 atom stereocenters. The fourth-order valence-corrected chi connectivity index (χ4v) is 1.54. The van der Waals surface area contributed by atoms with Crippen LogP contribution in [-0.4, -0.2) is 51.3 Å². The molecule has 2 heterocycles. The highest BCUT2D eigenvalue weighted by molar-refractivity contribution is 4.79. The smallest absolute Gasteiger partial charge is 0.188 e. The predicted molar refractivity (Wildman–Crippen MR) is 51.6 cm³/mol. The molecule has 1 N–H and O–H groups in total. The van der Waals surface area contributed by atoms with Crippen LogP contribution in [0.25, 0.3) is 0 Å². The summed E-state index contributed by atoms with van der Waals surface area (Å²) in [5.41, 5.74) is 0. The summed E-state index contributed by atoms with van der Waals surface area (Å²) in [7, 11) is 0. The van der Waals surface area contributed by atoms with Crippen LogP contribution in [0, 0.1) is 0 Å². The van der Waals surface area contributed by atoms with Crippen molar-refractivity contribution in [3.8, 4) is 0 Å². The number of piperazine rings is 1. The average molecular weight is 196 g/mol. The van der Waals surface area contributed by atoms with Crippen molar-refractivity contribution in [3.05, 3.63) is 5.82 Å². The molecule has 0 aromatic carbocycles. The van der Waals surface area contributed by atoms with Crippen LogP contribution in [-0.2, 0) is 13.1 Å². The number of rotatable bonds is 3. The lowest BCUT2D eigenvalue weighted by molar-refractivity contribution is 0.227. The van der Waals surface area contributed by atoms with Gasteiger partial charge >= 0.3 is 0 Å². The summed E-state index contributed by atoms with van der Waals surface area (Å²) < 4.78 is 0. The highest BCUT2D eigenvalue weighted by Gasteiger charge is 2.12. The molecule has 6 heteroatoms. The highest BCUT2D eigenvalue weighted by Crippen LogP contribution is 1.98. The Morgan fingerprint density at radius 3 is 2.79 bits per heavy atom. The van der Waals surface area contributed by atoms with E-state index in [1.165, 1.54) is 0 Å². The van der Waals surface area contributed by atoms with E-state index in [-0.39, 0.29) is 0 Å². The van der Waals surface area contributed by atoms with Crippen molar-refractivity contribution in [2.45, 2.75) is 20.0 Å². The van der Waals surface area contributed by atoms with Gasteiger partial charge in [-0.15, -0.1) is 10.2 Å². The summed E-state index contributed by atoms with van der Waals surface area (Å²) in [4.78, 5) is 3.96. The molecule has 1 aromatic rings. The van der Waals surface area contributed by atoms with Crippen LogP contribution in [0.15, 0.2) is 0 Å². The predicted octanol–water partition coefficient (Wildman–Crippen LogP) is -0.902. The molecule has 0 aliphatic carbocycles. The second kappa shape index (κ2) is 4.47. The summed E-state index contributed by atoms with van der Waals surface area (Å²) in [6, 6.07) is 0. The second-order valence-electron chi connectivity index (χ2n) is 3.42. The minimum Gasteiger partial charge on any atom is -0.314 e. The number of aryl methyl sites for hydroxylation is 1. The van der Waals surface area contributed by atoms with Crippen LogP contribution in [0.1, 0.15) is 12.7 Å². The summed E-state index contributed by atoms with van der Waals surface area (Å²) in [5, 5.41) is 15.5. The zero-order chi connectivity index (χ0) is 9.80. The number of tetrazole rings is 1. The molecule has 78 valence electrons. The number of nitrogens with zero attached hydrogens (tertiary/aromatic N) is 5. The maximum absolute atomic E-state index is 4.26. The monoisotopic (exact) mass is 196 g/mol. The van der Waals surface area contributed by atoms with E-state index in [4.69, 9.17) is 0 Å². The number of hydrogen-bond acceptors (Lipinski definition) is 5. The van der Waals surface area contributed by atoms with Gasteiger partial charge in [0.05, 0.1) is 13.1 Å². The van der Waals surface area contributed by atoms with Crippen molar-refractivity contribution in [2.24, 2.45) is 0 Å². The molecule has 0 saturated carbocycles. The molecule has 0 bridgehead atoms. The first-order valence-corrected chi connectivity index (χ1v) is 5.08. The first kappa shape index (κ1) is 9.54. The largest absolute Gasteiger partial charge is 0.314 e. The summed E-state index contributed by atoms with van der Waals surface area (Å²) in [5.74, 6) is 0.828. The van der Waals surface area contributed by atoms with Gasteiger partial charge in [0.25, 0.3) is 0 Å². The van der Waals surface area contributed by atoms with Crippen molar-refractivity contribution in [2.75, 3.05) is 26.2 Å². The molecule has 0 amide bonds. The van der Waals surface area contributed by atoms with Gasteiger partial charge in [-0.2, -0.15) is 4.80 Å². The zero-order valence-corrected chi connectivity index (χ0v) is 8.48. The third-order valence-corrected chi connectivity index (χ3v) is 2.35. The van der Waals surface area contributed by atoms with Crippen LogP contribution in [0.4, 0.5) is 0 Å². The number of hydrogen-bond donors (Lipinski definition) is 1. The van der Waals surface area contributed by atoms with Crippen LogP contribution in [0.2, 0.25) is 0 Å². The Morgan fingerprint density at radius 2 is 2.14 bits per heavy atom. The SMILES string of the molecule is CCn1nnc(CN2CCNCC2)n1. The molecular weight excluding hydrogens is 180 g/mol. The molecule has 2 rings (SSSR count). The normalized spacial score (nSPS) is 18.6. The Balaban J connectivity index is 1.89. The average Bonchev–Trinajstić information content (AvgIpc) is 2.67. The van der Waals surface area contributed by atoms with E-state index in [1.54, 1.807) is 4.80 Å². The van der Waals surface area contributed by atoms with E-state index in [9.17, 15) is 0 Å². The molecule has 1 fully saturated rings. The standard InChI is InChI=1S/C8H16N6/c1-2-14-11-8(10-12-14)7-13-5-3-9-4-6-13/h9H,2-7H2,1H3. The Labute approximate surface area is 83.3 Å². The van der Waals surface area contributed by atoms with Crippen molar-refractivity contribution in [1.82, 2.24) is 30.4 Å². The maximum atomic E-state index is 4.26. The van der Waals surface area contributed by atoms with Crippen LogP contribution in [0.3, 0.4) is 0 Å². The van der Waals surface area contributed by atoms with Gasteiger partial charge in [0.15, 0.2) is 5.82 Å².